The molecule has 100 valence electrons. The van der Waals surface area contributed by atoms with Crippen LogP contribution >= 0.6 is 0 Å². The molecule has 0 bridgehead atoms. The summed E-state index contributed by atoms with van der Waals surface area (Å²) >= 11 is 0. The van der Waals surface area contributed by atoms with Crippen molar-refractivity contribution in [3.8, 4) is 0 Å². The van der Waals surface area contributed by atoms with Crippen LogP contribution in [0, 0.1) is 11.8 Å². The Morgan fingerprint density at radius 3 is 2.76 bits per heavy atom. The highest BCUT2D eigenvalue weighted by Gasteiger charge is 2.32. The van der Waals surface area contributed by atoms with Crippen molar-refractivity contribution in [1.82, 2.24) is 10.2 Å². The molecule has 4 atom stereocenters. The lowest BCUT2D eigenvalue weighted by molar-refractivity contribution is 0.0658. The van der Waals surface area contributed by atoms with Crippen molar-refractivity contribution in [2.24, 2.45) is 11.8 Å². The second-order valence-electron chi connectivity index (χ2n) is 6.40. The molecule has 2 fully saturated rings. The van der Waals surface area contributed by atoms with Gasteiger partial charge in [0.15, 0.2) is 0 Å². The lowest BCUT2D eigenvalue weighted by Gasteiger charge is -2.44. The Morgan fingerprint density at radius 1 is 1.24 bits per heavy atom. The van der Waals surface area contributed by atoms with Crippen LogP contribution < -0.4 is 5.32 Å². The molecule has 1 saturated carbocycles. The molecule has 0 aromatic rings. The molecule has 0 radical (unpaired) electrons. The van der Waals surface area contributed by atoms with Crippen LogP contribution in [0.4, 0.5) is 0 Å². The Hall–Kier alpha value is -0.0800. The number of hydrogen-bond acceptors (Lipinski definition) is 2. The van der Waals surface area contributed by atoms with E-state index >= 15 is 0 Å². The molecule has 2 aliphatic rings. The molecule has 2 nitrogen and oxygen atoms in total. The number of hydrogen-bond donors (Lipinski definition) is 1. The second-order valence-corrected chi connectivity index (χ2v) is 6.40. The molecular weight excluding hydrogens is 208 g/mol. The van der Waals surface area contributed by atoms with Crippen LogP contribution in [0.15, 0.2) is 0 Å². The van der Waals surface area contributed by atoms with E-state index in [1.165, 1.54) is 51.7 Å². The summed E-state index contributed by atoms with van der Waals surface area (Å²) in [5.74, 6) is 1.86. The highest BCUT2D eigenvalue weighted by molar-refractivity contribution is 4.88. The zero-order chi connectivity index (χ0) is 12.3. The molecule has 1 saturated heterocycles. The number of piperazine rings is 1. The van der Waals surface area contributed by atoms with E-state index in [-0.39, 0.29) is 0 Å². The summed E-state index contributed by atoms with van der Waals surface area (Å²) in [5.41, 5.74) is 0. The topological polar surface area (TPSA) is 15.3 Å². The van der Waals surface area contributed by atoms with Crippen LogP contribution in [0.5, 0.6) is 0 Å². The molecule has 4 unspecified atom stereocenters. The van der Waals surface area contributed by atoms with E-state index in [0.29, 0.717) is 0 Å². The van der Waals surface area contributed by atoms with Gasteiger partial charge in [0.05, 0.1) is 0 Å². The first kappa shape index (κ1) is 13.4. The maximum atomic E-state index is 3.67. The summed E-state index contributed by atoms with van der Waals surface area (Å²) in [5, 5.41) is 3.67. The molecule has 2 heteroatoms. The van der Waals surface area contributed by atoms with Gasteiger partial charge in [-0.15, -0.1) is 0 Å². The minimum atomic E-state index is 0.750. The summed E-state index contributed by atoms with van der Waals surface area (Å²) in [4.78, 5) is 2.79. The third-order valence-corrected chi connectivity index (χ3v) is 4.78. The van der Waals surface area contributed by atoms with Crippen LogP contribution in [0.25, 0.3) is 0 Å². The van der Waals surface area contributed by atoms with E-state index in [9.17, 15) is 0 Å². The SMILES string of the molecule is CCCC1CN(C2CCC(C)CC2C)CCN1. The molecule has 1 heterocycles. The molecule has 0 aromatic heterocycles. The van der Waals surface area contributed by atoms with Crippen LogP contribution in [-0.4, -0.2) is 36.6 Å². The quantitative estimate of drug-likeness (QED) is 0.813. The maximum absolute atomic E-state index is 3.67. The Bertz CT molecular complexity index is 227. The minimum absolute atomic E-state index is 0.750. The van der Waals surface area contributed by atoms with Crippen molar-refractivity contribution in [1.29, 1.82) is 0 Å². The van der Waals surface area contributed by atoms with Gasteiger partial charge < -0.3 is 5.32 Å². The molecule has 1 N–H and O–H groups in total. The van der Waals surface area contributed by atoms with Crippen LogP contribution in [-0.2, 0) is 0 Å². The van der Waals surface area contributed by atoms with Gasteiger partial charge in [0.1, 0.15) is 0 Å². The van der Waals surface area contributed by atoms with Crippen LogP contribution in [0.1, 0.15) is 52.9 Å². The van der Waals surface area contributed by atoms with Gasteiger partial charge in [-0.1, -0.05) is 27.2 Å². The van der Waals surface area contributed by atoms with Crippen molar-refractivity contribution in [2.45, 2.75) is 65.0 Å². The number of nitrogens with one attached hydrogen (secondary N) is 1. The monoisotopic (exact) mass is 238 g/mol. The summed E-state index contributed by atoms with van der Waals surface area (Å²) in [7, 11) is 0. The Kier molecular flexibility index (Phi) is 4.87. The Labute approximate surface area is 107 Å². The van der Waals surface area contributed by atoms with Crippen molar-refractivity contribution in [2.75, 3.05) is 19.6 Å². The normalized spacial score (nSPS) is 40.4. The van der Waals surface area contributed by atoms with E-state index in [1.807, 2.05) is 0 Å². The fourth-order valence-corrected chi connectivity index (χ4v) is 3.89. The van der Waals surface area contributed by atoms with Crippen LogP contribution in [0.2, 0.25) is 0 Å². The van der Waals surface area contributed by atoms with Gasteiger partial charge in [-0.3, -0.25) is 4.90 Å². The van der Waals surface area contributed by atoms with E-state index < -0.39 is 0 Å². The minimum Gasteiger partial charge on any atom is -0.311 e. The fraction of sp³-hybridized carbons (Fsp3) is 1.00. The van der Waals surface area contributed by atoms with E-state index in [0.717, 1.165) is 23.9 Å². The van der Waals surface area contributed by atoms with Gasteiger partial charge in [-0.05, 0) is 37.5 Å². The van der Waals surface area contributed by atoms with Gasteiger partial charge in [-0.25, -0.2) is 0 Å². The largest absolute Gasteiger partial charge is 0.311 e. The lowest BCUT2D eigenvalue weighted by Crippen LogP contribution is -2.56. The van der Waals surface area contributed by atoms with Gasteiger partial charge in [0.2, 0.25) is 0 Å². The first-order valence-corrected chi connectivity index (χ1v) is 7.68. The Morgan fingerprint density at radius 2 is 2.06 bits per heavy atom. The van der Waals surface area contributed by atoms with Crippen molar-refractivity contribution >= 4 is 0 Å². The fourth-order valence-electron chi connectivity index (χ4n) is 3.89. The Balaban J connectivity index is 1.88. The van der Waals surface area contributed by atoms with E-state index in [4.69, 9.17) is 0 Å². The average molecular weight is 238 g/mol. The average Bonchev–Trinajstić information content (AvgIpc) is 2.29. The number of nitrogens with zero attached hydrogens (tertiary/aromatic N) is 1. The summed E-state index contributed by atoms with van der Waals surface area (Å²) < 4.78 is 0. The maximum Gasteiger partial charge on any atom is 0.0195 e. The zero-order valence-corrected chi connectivity index (χ0v) is 11.9. The first-order chi connectivity index (χ1) is 8.20. The summed E-state index contributed by atoms with van der Waals surface area (Å²) in [6, 6.07) is 1.62. The van der Waals surface area contributed by atoms with Gasteiger partial charge >= 0.3 is 0 Å². The molecule has 1 aliphatic heterocycles. The zero-order valence-electron chi connectivity index (χ0n) is 11.9. The number of rotatable bonds is 3. The summed E-state index contributed by atoms with van der Waals surface area (Å²) in [6.07, 6.45) is 6.96. The van der Waals surface area contributed by atoms with Gasteiger partial charge in [-0.2, -0.15) is 0 Å². The third kappa shape index (κ3) is 3.45. The molecule has 1 aliphatic carbocycles. The smallest absolute Gasteiger partial charge is 0.0195 e. The highest BCUT2D eigenvalue weighted by atomic mass is 15.2. The molecule has 17 heavy (non-hydrogen) atoms. The van der Waals surface area contributed by atoms with Gasteiger partial charge in [0, 0.05) is 31.7 Å². The molecule has 2 rings (SSSR count). The van der Waals surface area contributed by atoms with Gasteiger partial charge in [0.25, 0.3) is 0 Å². The molecule has 0 spiro atoms. The predicted octanol–water partition coefficient (Wildman–Crippen LogP) is 2.89. The standard InChI is InChI=1S/C15H30N2/c1-4-5-14-11-17(9-8-16-14)15-7-6-12(2)10-13(15)3/h12-16H,4-11H2,1-3H3. The first-order valence-electron chi connectivity index (χ1n) is 7.68. The lowest BCUT2D eigenvalue weighted by atomic mass is 9.79. The third-order valence-electron chi connectivity index (χ3n) is 4.78. The van der Waals surface area contributed by atoms with E-state index in [2.05, 4.69) is 31.0 Å². The summed E-state index contributed by atoms with van der Waals surface area (Å²) in [6.45, 7) is 10.9. The van der Waals surface area contributed by atoms with Crippen molar-refractivity contribution in [3.05, 3.63) is 0 Å². The predicted molar refractivity (Wildman–Crippen MR) is 74.2 cm³/mol. The second kappa shape index (κ2) is 6.19. The van der Waals surface area contributed by atoms with E-state index in [1.54, 1.807) is 0 Å². The molecule has 0 amide bonds. The van der Waals surface area contributed by atoms with Crippen molar-refractivity contribution in [3.63, 3.8) is 0 Å². The highest BCUT2D eigenvalue weighted by Crippen LogP contribution is 2.32. The molecular formula is C15H30N2. The van der Waals surface area contributed by atoms with Crippen LogP contribution in [0.3, 0.4) is 0 Å². The van der Waals surface area contributed by atoms with Crippen molar-refractivity contribution < 1.29 is 0 Å². The molecule has 0 aromatic carbocycles.